The van der Waals surface area contributed by atoms with E-state index in [0.29, 0.717) is 6.54 Å². The molecule has 0 atom stereocenters. The van der Waals surface area contributed by atoms with E-state index in [1.54, 1.807) is 7.11 Å². The van der Waals surface area contributed by atoms with E-state index in [9.17, 15) is 0 Å². The minimum Gasteiger partial charge on any atom is -0.497 e. The van der Waals surface area contributed by atoms with Gasteiger partial charge in [0.2, 0.25) is 0 Å². The number of nitrogens with zero attached hydrogens (tertiary/aromatic N) is 1. The number of ether oxygens (including phenoxy) is 1. The summed E-state index contributed by atoms with van der Waals surface area (Å²) in [5.41, 5.74) is 5.10. The predicted octanol–water partition coefficient (Wildman–Crippen LogP) is 7.91. The maximum Gasteiger partial charge on any atom is 0.119 e. The molecule has 0 aliphatic rings. The normalized spacial score (nSPS) is 11.1. The summed E-state index contributed by atoms with van der Waals surface area (Å²) in [6.07, 6.45) is 0. The zero-order valence-electron chi connectivity index (χ0n) is 19.5. The minimum absolute atomic E-state index is 0.616. The molecule has 0 saturated heterocycles. The lowest BCUT2D eigenvalue weighted by Gasteiger charge is -2.15. The summed E-state index contributed by atoms with van der Waals surface area (Å²) < 4.78 is 5.32. The van der Waals surface area contributed by atoms with E-state index in [1.807, 2.05) is 24.3 Å². The minimum atomic E-state index is 0.616. The van der Waals surface area contributed by atoms with Gasteiger partial charge in [-0.1, -0.05) is 72.8 Å². The van der Waals surface area contributed by atoms with Crippen LogP contribution in [0.5, 0.6) is 5.75 Å². The molecule has 4 nitrogen and oxygen atoms in total. The first-order valence-electron chi connectivity index (χ1n) is 11.7. The van der Waals surface area contributed by atoms with Gasteiger partial charge in [-0.3, -0.25) is 4.98 Å². The van der Waals surface area contributed by atoms with Crippen molar-refractivity contribution in [2.45, 2.75) is 6.54 Å². The summed E-state index contributed by atoms with van der Waals surface area (Å²) in [6.45, 7) is 0.616. The fraction of sp³-hybridized carbons (Fsp3) is 0.0645. The summed E-state index contributed by atoms with van der Waals surface area (Å²) in [4.78, 5) is 5.11. The fourth-order valence-electron chi connectivity index (χ4n) is 4.60. The van der Waals surface area contributed by atoms with Crippen molar-refractivity contribution in [1.29, 1.82) is 0 Å². The third-order valence-corrected chi connectivity index (χ3v) is 6.38. The highest BCUT2D eigenvalue weighted by Crippen LogP contribution is 2.32. The molecule has 0 unspecified atom stereocenters. The Hall–Kier alpha value is -4.57. The van der Waals surface area contributed by atoms with Crippen LogP contribution >= 0.6 is 0 Å². The predicted molar refractivity (Wildman–Crippen MR) is 147 cm³/mol. The van der Waals surface area contributed by atoms with E-state index in [0.717, 1.165) is 44.8 Å². The number of benzene rings is 5. The van der Waals surface area contributed by atoms with E-state index in [1.165, 1.54) is 16.2 Å². The van der Waals surface area contributed by atoms with Gasteiger partial charge in [0.05, 0.1) is 24.9 Å². The van der Waals surface area contributed by atoms with Crippen molar-refractivity contribution >= 4 is 49.5 Å². The van der Waals surface area contributed by atoms with Gasteiger partial charge in [-0.25, -0.2) is 0 Å². The lowest BCUT2D eigenvalue weighted by atomic mass is 10.0. The largest absolute Gasteiger partial charge is 0.497 e. The van der Waals surface area contributed by atoms with Crippen molar-refractivity contribution in [3.05, 3.63) is 115 Å². The Balaban J connectivity index is 1.42. The Morgan fingerprint density at radius 3 is 2.17 bits per heavy atom. The number of aromatic nitrogens is 1. The second-order valence-corrected chi connectivity index (χ2v) is 8.58. The number of fused-ring (bicyclic) bond motifs is 4. The molecule has 0 spiro atoms. The zero-order valence-corrected chi connectivity index (χ0v) is 19.5. The summed E-state index contributed by atoms with van der Waals surface area (Å²) >= 11 is 0. The number of anilines is 3. The molecule has 0 radical (unpaired) electrons. The molecule has 0 saturated carbocycles. The smallest absolute Gasteiger partial charge is 0.119 e. The van der Waals surface area contributed by atoms with Gasteiger partial charge in [0, 0.05) is 33.2 Å². The van der Waals surface area contributed by atoms with Crippen LogP contribution in [0.4, 0.5) is 17.1 Å². The molecule has 0 aliphatic carbocycles. The van der Waals surface area contributed by atoms with Crippen LogP contribution in [0.15, 0.2) is 109 Å². The number of hydrogen-bond donors (Lipinski definition) is 2. The van der Waals surface area contributed by atoms with Crippen LogP contribution in [0, 0.1) is 0 Å². The first kappa shape index (κ1) is 21.0. The van der Waals surface area contributed by atoms with Crippen molar-refractivity contribution in [1.82, 2.24) is 4.98 Å². The van der Waals surface area contributed by atoms with Crippen molar-refractivity contribution in [2.24, 2.45) is 0 Å². The van der Waals surface area contributed by atoms with E-state index in [2.05, 4.69) is 95.6 Å². The molecule has 1 heterocycles. The highest BCUT2D eigenvalue weighted by molar-refractivity contribution is 6.09. The van der Waals surface area contributed by atoms with Gasteiger partial charge in [0.1, 0.15) is 5.75 Å². The van der Waals surface area contributed by atoms with Gasteiger partial charge >= 0.3 is 0 Å². The molecule has 6 rings (SSSR count). The Bertz CT molecular complexity index is 1650. The zero-order chi connectivity index (χ0) is 23.6. The lowest BCUT2D eigenvalue weighted by molar-refractivity contribution is 0.415. The summed E-state index contributed by atoms with van der Waals surface area (Å²) in [5.74, 6) is 0.834. The van der Waals surface area contributed by atoms with Crippen LogP contribution in [-0.4, -0.2) is 12.1 Å². The van der Waals surface area contributed by atoms with Gasteiger partial charge in [0.25, 0.3) is 0 Å². The van der Waals surface area contributed by atoms with Gasteiger partial charge in [-0.15, -0.1) is 0 Å². The van der Waals surface area contributed by atoms with Crippen LogP contribution < -0.4 is 15.4 Å². The Morgan fingerprint density at radius 2 is 1.37 bits per heavy atom. The molecule has 4 heteroatoms. The molecule has 5 aromatic carbocycles. The van der Waals surface area contributed by atoms with Crippen LogP contribution in [0.3, 0.4) is 0 Å². The van der Waals surface area contributed by atoms with Gasteiger partial charge in [-0.05, 0) is 47.2 Å². The number of rotatable bonds is 6. The van der Waals surface area contributed by atoms with Crippen LogP contribution in [0.2, 0.25) is 0 Å². The lowest BCUT2D eigenvalue weighted by Crippen LogP contribution is -2.04. The van der Waals surface area contributed by atoms with Gasteiger partial charge < -0.3 is 15.4 Å². The van der Waals surface area contributed by atoms with Crippen LogP contribution in [-0.2, 0) is 6.54 Å². The average Bonchev–Trinajstić information content (AvgIpc) is 2.92. The third kappa shape index (κ3) is 4.11. The van der Waals surface area contributed by atoms with Gasteiger partial charge in [-0.2, -0.15) is 0 Å². The monoisotopic (exact) mass is 455 g/mol. The standard InChI is InChI=1S/C31H25N3O/c1-35-25-16-14-23(15-17-25)33-30-19-24(20-32-29-12-6-9-21-7-2-4-10-26(21)29)34-31-27-11-5-3-8-22(27)13-18-28(30)31/h2-19,32H,20H2,1H3,(H,33,34). The number of nitrogens with one attached hydrogen (secondary N) is 2. The molecule has 170 valence electrons. The number of methoxy groups -OCH3 is 1. The first-order chi connectivity index (χ1) is 17.3. The highest BCUT2D eigenvalue weighted by Gasteiger charge is 2.11. The van der Waals surface area contributed by atoms with E-state index >= 15 is 0 Å². The third-order valence-electron chi connectivity index (χ3n) is 6.38. The Kier molecular flexibility index (Phi) is 5.39. The molecular weight excluding hydrogens is 430 g/mol. The number of pyridine rings is 1. The quantitative estimate of drug-likeness (QED) is 0.251. The second kappa shape index (κ2) is 8.99. The van der Waals surface area contributed by atoms with Crippen molar-refractivity contribution in [3.8, 4) is 5.75 Å². The summed E-state index contributed by atoms with van der Waals surface area (Å²) in [5, 5.41) is 13.1. The second-order valence-electron chi connectivity index (χ2n) is 8.58. The molecule has 35 heavy (non-hydrogen) atoms. The summed E-state index contributed by atoms with van der Waals surface area (Å²) in [7, 11) is 1.68. The molecule has 0 aliphatic heterocycles. The van der Waals surface area contributed by atoms with E-state index in [4.69, 9.17) is 9.72 Å². The molecule has 0 amide bonds. The average molecular weight is 456 g/mol. The SMILES string of the molecule is COc1ccc(Nc2cc(CNc3cccc4ccccc34)nc3c2ccc2ccccc23)cc1. The fourth-order valence-corrected chi connectivity index (χ4v) is 4.60. The molecular formula is C31H25N3O. The Labute approximate surface area is 204 Å². The molecule has 2 N–H and O–H groups in total. The molecule has 1 aromatic heterocycles. The van der Waals surface area contributed by atoms with Crippen LogP contribution in [0.25, 0.3) is 32.4 Å². The molecule has 0 fully saturated rings. The maximum absolute atomic E-state index is 5.32. The maximum atomic E-state index is 5.32. The van der Waals surface area contributed by atoms with Gasteiger partial charge in [0.15, 0.2) is 0 Å². The Morgan fingerprint density at radius 1 is 0.657 bits per heavy atom. The van der Waals surface area contributed by atoms with E-state index < -0.39 is 0 Å². The topological polar surface area (TPSA) is 46.2 Å². The first-order valence-corrected chi connectivity index (χ1v) is 11.7. The number of hydrogen-bond acceptors (Lipinski definition) is 4. The van der Waals surface area contributed by atoms with Crippen molar-refractivity contribution in [2.75, 3.05) is 17.7 Å². The van der Waals surface area contributed by atoms with E-state index in [-0.39, 0.29) is 0 Å². The molecule has 0 bridgehead atoms. The highest BCUT2D eigenvalue weighted by atomic mass is 16.5. The summed E-state index contributed by atoms with van der Waals surface area (Å²) in [6, 6.07) is 37.6. The molecule has 6 aromatic rings. The van der Waals surface area contributed by atoms with Crippen LogP contribution in [0.1, 0.15) is 5.69 Å². The van der Waals surface area contributed by atoms with Crippen molar-refractivity contribution < 1.29 is 4.74 Å². The van der Waals surface area contributed by atoms with Crippen molar-refractivity contribution in [3.63, 3.8) is 0 Å².